The molecule has 0 saturated carbocycles. The molecular formula is C14H13F3N2O. The van der Waals surface area contributed by atoms with Gasteiger partial charge in [-0.05, 0) is 29.8 Å². The molecule has 0 radical (unpaired) electrons. The maximum atomic E-state index is 12.6. The number of hydroxylamine groups is 1. The van der Waals surface area contributed by atoms with Gasteiger partial charge >= 0.3 is 6.18 Å². The van der Waals surface area contributed by atoms with Crippen molar-refractivity contribution in [3.63, 3.8) is 0 Å². The molecule has 0 spiro atoms. The van der Waals surface area contributed by atoms with Gasteiger partial charge in [-0.3, -0.25) is 0 Å². The van der Waals surface area contributed by atoms with E-state index < -0.39 is 11.7 Å². The molecule has 0 aliphatic carbocycles. The summed E-state index contributed by atoms with van der Waals surface area (Å²) in [6.45, 7) is 0.197. The Morgan fingerprint density at radius 3 is 2.45 bits per heavy atom. The van der Waals surface area contributed by atoms with Gasteiger partial charge in [0.15, 0.2) is 0 Å². The first-order valence-electron chi connectivity index (χ1n) is 5.90. The summed E-state index contributed by atoms with van der Waals surface area (Å²) in [5, 5.41) is 11.7. The summed E-state index contributed by atoms with van der Waals surface area (Å²) in [4.78, 5) is 0. The molecule has 0 heterocycles. The maximum absolute atomic E-state index is 12.6. The molecule has 0 aromatic heterocycles. The third-order valence-electron chi connectivity index (χ3n) is 2.76. The number of halogens is 3. The Labute approximate surface area is 114 Å². The minimum atomic E-state index is -4.37. The van der Waals surface area contributed by atoms with Crippen LogP contribution in [-0.2, 0) is 12.7 Å². The van der Waals surface area contributed by atoms with E-state index in [0.717, 1.165) is 17.7 Å². The topological polar surface area (TPSA) is 44.3 Å². The van der Waals surface area contributed by atoms with Crippen LogP contribution in [0.15, 0.2) is 48.5 Å². The predicted octanol–water partition coefficient (Wildman–Crippen LogP) is 3.93. The molecule has 0 fully saturated rings. The van der Waals surface area contributed by atoms with Crippen LogP contribution in [0, 0.1) is 0 Å². The van der Waals surface area contributed by atoms with Crippen LogP contribution in [-0.4, -0.2) is 5.21 Å². The van der Waals surface area contributed by atoms with Crippen LogP contribution in [0.5, 0.6) is 0 Å². The zero-order valence-electron chi connectivity index (χ0n) is 10.4. The van der Waals surface area contributed by atoms with Crippen molar-refractivity contribution in [2.75, 3.05) is 5.32 Å². The highest BCUT2D eigenvalue weighted by molar-refractivity contribution is 5.63. The monoisotopic (exact) mass is 282 g/mol. The standard InChI is InChI=1S/C14H13F3N2O/c15-14(16,17)11-5-3-6-12(8-11)19-13-7-2-1-4-10(13)9-18-20/h1-8,18-20H,9H2. The van der Waals surface area contributed by atoms with Gasteiger partial charge in [0, 0.05) is 17.9 Å². The van der Waals surface area contributed by atoms with E-state index in [4.69, 9.17) is 5.21 Å². The number of alkyl halides is 3. The van der Waals surface area contributed by atoms with E-state index in [1.54, 1.807) is 30.3 Å². The van der Waals surface area contributed by atoms with Crippen LogP contribution in [0.3, 0.4) is 0 Å². The quantitative estimate of drug-likeness (QED) is 0.744. The van der Waals surface area contributed by atoms with Crippen LogP contribution < -0.4 is 10.8 Å². The number of hydrogen-bond acceptors (Lipinski definition) is 3. The Balaban J connectivity index is 2.26. The van der Waals surface area contributed by atoms with E-state index in [2.05, 4.69) is 5.32 Å². The maximum Gasteiger partial charge on any atom is 0.416 e. The largest absolute Gasteiger partial charge is 0.416 e. The van der Waals surface area contributed by atoms with E-state index in [0.29, 0.717) is 11.4 Å². The van der Waals surface area contributed by atoms with Crippen molar-refractivity contribution in [1.82, 2.24) is 5.48 Å². The molecule has 20 heavy (non-hydrogen) atoms. The average molecular weight is 282 g/mol. The average Bonchev–Trinajstić information content (AvgIpc) is 2.41. The van der Waals surface area contributed by atoms with Crippen LogP contribution in [0.25, 0.3) is 0 Å². The first-order valence-corrected chi connectivity index (χ1v) is 5.90. The summed E-state index contributed by atoms with van der Waals surface area (Å²) in [6.07, 6.45) is -4.37. The molecule has 0 atom stereocenters. The lowest BCUT2D eigenvalue weighted by Gasteiger charge is -2.13. The minimum Gasteiger partial charge on any atom is -0.355 e. The molecule has 0 unspecified atom stereocenters. The molecule has 3 N–H and O–H groups in total. The number of hydrogen-bond donors (Lipinski definition) is 3. The van der Waals surface area contributed by atoms with Gasteiger partial charge in [-0.1, -0.05) is 24.3 Å². The van der Waals surface area contributed by atoms with E-state index >= 15 is 0 Å². The lowest BCUT2D eigenvalue weighted by atomic mass is 10.1. The fraction of sp³-hybridized carbons (Fsp3) is 0.143. The van der Waals surface area contributed by atoms with Gasteiger partial charge in [0.05, 0.1) is 5.56 Å². The predicted molar refractivity (Wildman–Crippen MR) is 69.8 cm³/mol. The first kappa shape index (κ1) is 14.4. The molecule has 2 aromatic rings. The smallest absolute Gasteiger partial charge is 0.355 e. The summed E-state index contributed by atoms with van der Waals surface area (Å²) >= 11 is 0. The third-order valence-corrected chi connectivity index (χ3v) is 2.76. The molecule has 0 bridgehead atoms. The first-order chi connectivity index (χ1) is 9.50. The van der Waals surface area contributed by atoms with E-state index in [-0.39, 0.29) is 6.54 Å². The number of para-hydroxylation sites is 1. The van der Waals surface area contributed by atoms with Crippen molar-refractivity contribution < 1.29 is 18.4 Å². The number of anilines is 2. The van der Waals surface area contributed by atoms with Crippen molar-refractivity contribution >= 4 is 11.4 Å². The number of benzene rings is 2. The second kappa shape index (κ2) is 5.94. The van der Waals surface area contributed by atoms with Crippen molar-refractivity contribution in [1.29, 1.82) is 0 Å². The number of rotatable bonds is 4. The van der Waals surface area contributed by atoms with Crippen LogP contribution >= 0.6 is 0 Å². The molecule has 2 aromatic carbocycles. The second-order valence-electron chi connectivity index (χ2n) is 4.20. The highest BCUT2D eigenvalue weighted by Gasteiger charge is 2.30. The highest BCUT2D eigenvalue weighted by atomic mass is 19.4. The van der Waals surface area contributed by atoms with Crippen LogP contribution in [0.1, 0.15) is 11.1 Å². The summed E-state index contributed by atoms with van der Waals surface area (Å²) in [7, 11) is 0. The lowest BCUT2D eigenvalue weighted by Crippen LogP contribution is -2.09. The summed E-state index contributed by atoms with van der Waals surface area (Å²) < 4.78 is 37.9. The molecule has 0 amide bonds. The normalized spacial score (nSPS) is 11.4. The van der Waals surface area contributed by atoms with Crippen molar-refractivity contribution in [2.24, 2.45) is 0 Å². The highest BCUT2D eigenvalue weighted by Crippen LogP contribution is 2.31. The molecule has 3 nitrogen and oxygen atoms in total. The minimum absolute atomic E-state index is 0.197. The fourth-order valence-corrected chi connectivity index (χ4v) is 1.81. The zero-order chi connectivity index (χ0) is 14.6. The van der Waals surface area contributed by atoms with Gasteiger partial charge in [-0.2, -0.15) is 13.2 Å². The molecule has 0 aliphatic rings. The fourth-order valence-electron chi connectivity index (χ4n) is 1.81. The van der Waals surface area contributed by atoms with Gasteiger partial charge < -0.3 is 10.5 Å². The Bertz CT molecular complexity index is 585. The summed E-state index contributed by atoms with van der Waals surface area (Å²) in [5.41, 5.74) is 3.03. The van der Waals surface area contributed by atoms with Crippen molar-refractivity contribution in [2.45, 2.75) is 12.7 Å². The van der Waals surface area contributed by atoms with Gasteiger partial charge in [-0.15, -0.1) is 0 Å². The van der Waals surface area contributed by atoms with Crippen LogP contribution in [0.4, 0.5) is 24.5 Å². The lowest BCUT2D eigenvalue weighted by molar-refractivity contribution is -0.137. The SMILES string of the molecule is ONCc1ccccc1Nc1cccc(C(F)(F)F)c1. The van der Waals surface area contributed by atoms with Gasteiger partial charge in [0.1, 0.15) is 0 Å². The Morgan fingerprint density at radius 1 is 1.00 bits per heavy atom. The Hall–Kier alpha value is -2.05. The van der Waals surface area contributed by atoms with E-state index in [1.165, 1.54) is 6.07 Å². The van der Waals surface area contributed by atoms with Gasteiger partial charge in [0.2, 0.25) is 0 Å². The zero-order valence-corrected chi connectivity index (χ0v) is 10.4. The van der Waals surface area contributed by atoms with Gasteiger partial charge in [0.25, 0.3) is 0 Å². The number of nitrogens with one attached hydrogen (secondary N) is 2. The van der Waals surface area contributed by atoms with E-state index in [1.807, 2.05) is 5.48 Å². The molecule has 0 saturated heterocycles. The van der Waals surface area contributed by atoms with Crippen molar-refractivity contribution in [3.05, 3.63) is 59.7 Å². The van der Waals surface area contributed by atoms with Crippen molar-refractivity contribution in [3.8, 4) is 0 Å². The summed E-state index contributed by atoms with van der Waals surface area (Å²) in [6, 6.07) is 12.0. The molecule has 6 heteroatoms. The van der Waals surface area contributed by atoms with Gasteiger partial charge in [-0.25, -0.2) is 5.48 Å². The molecular weight excluding hydrogens is 269 g/mol. The Morgan fingerprint density at radius 2 is 1.75 bits per heavy atom. The van der Waals surface area contributed by atoms with Crippen LogP contribution in [0.2, 0.25) is 0 Å². The molecule has 0 aliphatic heterocycles. The van der Waals surface area contributed by atoms with E-state index in [9.17, 15) is 13.2 Å². The third kappa shape index (κ3) is 3.49. The summed E-state index contributed by atoms with van der Waals surface area (Å²) in [5.74, 6) is 0. The Kier molecular flexibility index (Phi) is 4.26. The molecule has 106 valence electrons. The second-order valence-corrected chi connectivity index (χ2v) is 4.20. The molecule has 2 rings (SSSR count).